The average Bonchev–Trinajstić information content (AvgIpc) is 3.11. The molecule has 0 unspecified atom stereocenters. The third-order valence-corrected chi connectivity index (χ3v) is 4.83. The fraction of sp³-hybridized carbons (Fsp3) is 0.182. The highest BCUT2D eigenvalue weighted by Crippen LogP contribution is 2.32. The summed E-state index contributed by atoms with van der Waals surface area (Å²) in [5, 5.41) is 13.1. The number of imidazole rings is 1. The van der Waals surface area contributed by atoms with Gasteiger partial charge in [-0.05, 0) is 36.8 Å². The second-order valence-electron chi connectivity index (χ2n) is 6.47. The first-order valence-corrected chi connectivity index (χ1v) is 8.92. The van der Waals surface area contributed by atoms with Gasteiger partial charge in [-0.2, -0.15) is 5.26 Å². The number of pyridine rings is 1. The van der Waals surface area contributed by atoms with Crippen molar-refractivity contribution in [3.8, 4) is 17.6 Å². The van der Waals surface area contributed by atoms with Crippen LogP contribution in [0.25, 0.3) is 16.7 Å². The first-order valence-electron chi connectivity index (χ1n) is 8.92. The number of ether oxygens (including phenoxy) is 2. The highest BCUT2D eigenvalue weighted by Gasteiger charge is 2.16. The topological polar surface area (TPSA) is 71.6 Å². The van der Waals surface area contributed by atoms with Crippen molar-refractivity contribution in [3.05, 3.63) is 65.2 Å². The van der Waals surface area contributed by atoms with Crippen LogP contribution in [0, 0.1) is 18.3 Å². The van der Waals surface area contributed by atoms with Gasteiger partial charge in [0.05, 0.1) is 30.8 Å². The summed E-state index contributed by atoms with van der Waals surface area (Å²) in [5.74, 6) is 2.26. The maximum atomic E-state index is 9.61. The van der Waals surface area contributed by atoms with E-state index in [1.807, 2.05) is 59.9 Å². The molecule has 0 atom stereocenters. The second-order valence-corrected chi connectivity index (χ2v) is 6.47. The molecule has 0 amide bonds. The molecule has 0 spiro atoms. The molecule has 0 radical (unpaired) electrons. The van der Waals surface area contributed by atoms with Gasteiger partial charge in [-0.1, -0.05) is 24.3 Å². The van der Waals surface area contributed by atoms with Crippen molar-refractivity contribution in [2.75, 3.05) is 19.5 Å². The van der Waals surface area contributed by atoms with Crippen LogP contribution in [0.1, 0.15) is 16.7 Å². The molecular formula is C22H20N4O2. The van der Waals surface area contributed by atoms with Crippen molar-refractivity contribution in [2.45, 2.75) is 13.5 Å². The number of anilines is 1. The van der Waals surface area contributed by atoms with E-state index < -0.39 is 0 Å². The van der Waals surface area contributed by atoms with E-state index in [4.69, 9.17) is 9.47 Å². The van der Waals surface area contributed by atoms with Crippen molar-refractivity contribution in [2.24, 2.45) is 0 Å². The number of rotatable bonds is 5. The maximum Gasteiger partial charge on any atom is 0.165 e. The van der Waals surface area contributed by atoms with Crippen molar-refractivity contribution >= 4 is 22.5 Å². The van der Waals surface area contributed by atoms with Gasteiger partial charge in [0.25, 0.3) is 0 Å². The molecule has 28 heavy (non-hydrogen) atoms. The number of benzene rings is 2. The molecule has 0 aliphatic carbocycles. The summed E-state index contributed by atoms with van der Waals surface area (Å²) in [4.78, 5) is 4.68. The van der Waals surface area contributed by atoms with Crippen LogP contribution in [0.15, 0.2) is 48.5 Å². The Morgan fingerprint density at radius 3 is 2.68 bits per heavy atom. The number of nitriles is 1. The molecular weight excluding hydrogens is 352 g/mol. The summed E-state index contributed by atoms with van der Waals surface area (Å²) < 4.78 is 12.9. The standard InChI is InChI=1S/C22H20N4O2/c1-14-11-20(24-13-15-7-6-10-19(27-2)21(15)28-3)26-18-9-5-4-8-17(18)25-22(26)16(14)12-23/h4-11,24H,13H2,1-3H3. The number of hydrogen-bond donors (Lipinski definition) is 1. The molecule has 2 aromatic heterocycles. The largest absolute Gasteiger partial charge is 0.493 e. The minimum atomic E-state index is 0.535. The number of nitrogens with zero attached hydrogens (tertiary/aromatic N) is 3. The third kappa shape index (κ3) is 2.78. The first kappa shape index (κ1) is 17.7. The molecule has 0 fully saturated rings. The van der Waals surface area contributed by atoms with Crippen molar-refractivity contribution in [1.29, 1.82) is 5.26 Å². The molecule has 6 heteroatoms. The molecule has 1 N–H and O–H groups in total. The lowest BCUT2D eigenvalue weighted by Crippen LogP contribution is -2.07. The van der Waals surface area contributed by atoms with Crippen LogP contribution in [-0.2, 0) is 6.54 Å². The second kappa shape index (κ2) is 7.12. The predicted molar refractivity (Wildman–Crippen MR) is 109 cm³/mol. The highest BCUT2D eigenvalue weighted by atomic mass is 16.5. The van der Waals surface area contributed by atoms with Crippen LogP contribution < -0.4 is 14.8 Å². The molecule has 2 heterocycles. The molecule has 2 aromatic carbocycles. The summed E-state index contributed by atoms with van der Waals surface area (Å²) in [6.07, 6.45) is 0. The van der Waals surface area contributed by atoms with Gasteiger partial charge in [0.2, 0.25) is 0 Å². The van der Waals surface area contributed by atoms with Crippen LogP contribution in [-0.4, -0.2) is 23.6 Å². The molecule has 6 nitrogen and oxygen atoms in total. The van der Waals surface area contributed by atoms with E-state index in [1.54, 1.807) is 14.2 Å². The lowest BCUT2D eigenvalue weighted by molar-refractivity contribution is 0.352. The Balaban J connectivity index is 1.83. The highest BCUT2D eigenvalue weighted by molar-refractivity contribution is 5.85. The smallest absolute Gasteiger partial charge is 0.165 e. The molecule has 4 aromatic rings. The quantitative estimate of drug-likeness (QED) is 0.566. The van der Waals surface area contributed by atoms with Crippen LogP contribution in [0.2, 0.25) is 0 Å². The Labute approximate surface area is 163 Å². The number of aromatic nitrogens is 2. The lowest BCUT2D eigenvalue weighted by atomic mass is 10.1. The molecule has 0 saturated heterocycles. The SMILES string of the molecule is COc1cccc(CNc2cc(C)c(C#N)c3nc4ccccc4n23)c1OC. The minimum Gasteiger partial charge on any atom is -0.493 e. The molecule has 4 rings (SSSR count). The Hall–Kier alpha value is -3.72. The summed E-state index contributed by atoms with van der Waals surface area (Å²) in [7, 11) is 3.26. The van der Waals surface area contributed by atoms with Crippen LogP contribution >= 0.6 is 0 Å². The zero-order chi connectivity index (χ0) is 19.7. The van der Waals surface area contributed by atoms with Gasteiger partial charge in [-0.3, -0.25) is 4.40 Å². The van der Waals surface area contributed by atoms with Gasteiger partial charge in [0.15, 0.2) is 17.1 Å². The predicted octanol–water partition coefficient (Wildman–Crippen LogP) is 4.30. The third-order valence-electron chi connectivity index (χ3n) is 4.83. The molecule has 0 aliphatic rings. The number of aryl methyl sites for hydroxylation is 1. The van der Waals surface area contributed by atoms with Gasteiger partial charge in [-0.15, -0.1) is 0 Å². The number of nitrogens with one attached hydrogen (secondary N) is 1. The van der Waals surface area contributed by atoms with Crippen LogP contribution in [0.4, 0.5) is 5.82 Å². The van der Waals surface area contributed by atoms with Crippen molar-refractivity contribution in [3.63, 3.8) is 0 Å². The van der Waals surface area contributed by atoms with Gasteiger partial charge >= 0.3 is 0 Å². The average molecular weight is 372 g/mol. The number of para-hydroxylation sites is 3. The van der Waals surface area contributed by atoms with Gasteiger partial charge in [-0.25, -0.2) is 4.98 Å². The fourth-order valence-electron chi connectivity index (χ4n) is 3.50. The Morgan fingerprint density at radius 1 is 1.11 bits per heavy atom. The van der Waals surface area contributed by atoms with E-state index >= 15 is 0 Å². The summed E-state index contributed by atoms with van der Waals surface area (Å²) in [6, 6.07) is 17.9. The summed E-state index contributed by atoms with van der Waals surface area (Å²) in [5.41, 5.74) is 4.90. The zero-order valence-electron chi connectivity index (χ0n) is 16.0. The zero-order valence-corrected chi connectivity index (χ0v) is 16.0. The van der Waals surface area contributed by atoms with E-state index in [2.05, 4.69) is 16.4 Å². The minimum absolute atomic E-state index is 0.535. The lowest BCUT2D eigenvalue weighted by Gasteiger charge is -2.15. The van der Waals surface area contributed by atoms with Crippen molar-refractivity contribution < 1.29 is 9.47 Å². The van der Waals surface area contributed by atoms with Gasteiger partial charge in [0.1, 0.15) is 11.9 Å². The van der Waals surface area contributed by atoms with E-state index in [9.17, 15) is 5.26 Å². The summed E-state index contributed by atoms with van der Waals surface area (Å²) >= 11 is 0. The Morgan fingerprint density at radius 2 is 1.93 bits per heavy atom. The van der Waals surface area contributed by atoms with Gasteiger partial charge < -0.3 is 14.8 Å². The Kier molecular flexibility index (Phi) is 4.50. The van der Waals surface area contributed by atoms with Crippen molar-refractivity contribution in [1.82, 2.24) is 9.38 Å². The van der Waals surface area contributed by atoms with Gasteiger partial charge in [0, 0.05) is 12.1 Å². The van der Waals surface area contributed by atoms with Crippen LogP contribution in [0.3, 0.4) is 0 Å². The Bertz CT molecular complexity index is 1220. The van der Waals surface area contributed by atoms with Crippen LogP contribution in [0.5, 0.6) is 11.5 Å². The number of methoxy groups -OCH3 is 2. The normalized spacial score (nSPS) is 10.8. The van der Waals surface area contributed by atoms with E-state index in [0.717, 1.165) is 28.0 Å². The molecule has 0 saturated carbocycles. The van der Waals surface area contributed by atoms with E-state index in [1.165, 1.54) is 0 Å². The number of fused-ring (bicyclic) bond motifs is 3. The molecule has 0 aliphatic heterocycles. The monoisotopic (exact) mass is 372 g/mol. The molecule has 0 bridgehead atoms. The molecule has 140 valence electrons. The van der Waals surface area contributed by atoms with E-state index in [0.29, 0.717) is 29.3 Å². The first-order chi connectivity index (χ1) is 13.7. The summed E-state index contributed by atoms with van der Waals surface area (Å²) in [6.45, 7) is 2.46. The fourth-order valence-corrected chi connectivity index (χ4v) is 3.50. The number of hydrogen-bond acceptors (Lipinski definition) is 5. The van der Waals surface area contributed by atoms with E-state index in [-0.39, 0.29) is 0 Å². The maximum absolute atomic E-state index is 9.61.